The first-order valence-corrected chi connectivity index (χ1v) is 8.78. The fourth-order valence-electron chi connectivity index (χ4n) is 2.73. The monoisotopic (exact) mass is 368 g/mol. The molecule has 132 valence electrons. The molecular weight excluding hydrogens is 354 g/mol. The second-order valence-corrected chi connectivity index (χ2v) is 7.53. The largest absolute Gasteiger partial charge is 0.288 e. The molecule has 1 heterocycles. The summed E-state index contributed by atoms with van der Waals surface area (Å²) in [5.74, 6) is -3.06. The van der Waals surface area contributed by atoms with E-state index in [1.807, 2.05) is 0 Å². The molecular formula is C16H14F2N2O4S. The Kier molecular flexibility index (Phi) is 4.55. The molecule has 0 atom stereocenters. The Balaban J connectivity index is 1.93. The fraction of sp³-hybridized carbons (Fsp3) is 0.188. The number of nitrogens with zero attached hydrogens (tertiary/aromatic N) is 1. The Hall–Kier alpha value is -2.36. The minimum Gasteiger partial charge on any atom is -0.288 e. The second-order valence-electron chi connectivity index (χ2n) is 5.59. The van der Waals surface area contributed by atoms with E-state index in [9.17, 15) is 22.0 Å². The van der Waals surface area contributed by atoms with Crippen LogP contribution in [0.25, 0.3) is 0 Å². The maximum absolute atomic E-state index is 13.4. The Bertz CT molecular complexity index is 947. The summed E-state index contributed by atoms with van der Waals surface area (Å²) in [7, 11) is -4.01. The van der Waals surface area contributed by atoms with Crippen molar-refractivity contribution in [1.82, 2.24) is 9.79 Å². The Labute approximate surface area is 142 Å². The van der Waals surface area contributed by atoms with Crippen LogP contribution in [-0.4, -0.2) is 30.4 Å². The third-order valence-corrected chi connectivity index (χ3v) is 5.92. The number of carbonyl (C=O) groups is 1. The van der Waals surface area contributed by atoms with Gasteiger partial charge >= 0.3 is 0 Å². The number of benzene rings is 2. The van der Waals surface area contributed by atoms with E-state index < -0.39 is 27.6 Å². The van der Waals surface area contributed by atoms with E-state index in [1.54, 1.807) is 6.07 Å². The van der Waals surface area contributed by atoms with Crippen molar-refractivity contribution in [2.24, 2.45) is 0 Å². The molecule has 0 radical (unpaired) electrons. The molecule has 9 heteroatoms. The molecule has 3 rings (SSSR count). The van der Waals surface area contributed by atoms with Gasteiger partial charge in [0, 0.05) is 18.7 Å². The van der Waals surface area contributed by atoms with E-state index >= 15 is 0 Å². The molecule has 6 nitrogen and oxygen atoms in total. The molecule has 0 aromatic heterocycles. The van der Waals surface area contributed by atoms with Crippen molar-refractivity contribution in [2.45, 2.75) is 17.9 Å². The van der Waals surface area contributed by atoms with Crippen molar-refractivity contribution < 1.29 is 27.2 Å². The number of amides is 1. The zero-order chi connectivity index (χ0) is 18.2. The lowest BCUT2D eigenvalue weighted by Gasteiger charge is -2.28. The van der Waals surface area contributed by atoms with Crippen LogP contribution in [-0.2, 0) is 23.0 Å². The minimum atomic E-state index is -4.01. The van der Waals surface area contributed by atoms with Crippen LogP contribution in [0.2, 0.25) is 0 Å². The highest BCUT2D eigenvalue weighted by Gasteiger charge is 2.29. The van der Waals surface area contributed by atoms with Crippen molar-refractivity contribution in [3.8, 4) is 0 Å². The lowest BCUT2D eigenvalue weighted by Crippen LogP contribution is -2.36. The SMILES string of the molecule is O=C(NO)c1ccc2c(c1)CN(S(=O)(=O)c1ccc(F)c(F)c1)CC2. The van der Waals surface area contributed by atoms with Crippen LogP contribution in [0.4, 0.5) is 8.78 Å². The van der Waals surface area contributed by atoms with E-state index in [4.69, 9.17) is 5.21 Å². The molecule has 1 aliphatic rings. The molecule has 2 aromatic carbocycles. The summed E-state index contributed by atoms with van der Waals surface area (Å²) in [5, 5.41) is 8.70. The number of halogens is 2. The molecule has 1 amide bonds. The minimum absolute atomic E-state index is 0.0107. The van der Waals surface area contributed by atoms with E-state index in [-0.39, 0.29) is 23.5 Å². The first-order valence-electron chi connectivity index (χ1n) is 7.34. The average Bonchev–Trinajstić information content (AvgIpc) is 2.62. The average molecular weight is 368 g/mol. The van der Waals surface area contributed by atoms with Crippen LogP contribution in [0.1, 0.15) is 21.5 Å². The molecule has 0 unspecified atom stereocenters. The Morgan fingerprint density at radius 3 is 2.52 bits per heavy atom. The lowest BCUT2D eigenvalue weighted by molar-refractivity contribution is 0.0706. The zero-order valence-corrected chi connectivity index (χ0v) is 13.7. The third-order valence-electron chi connectivity index (χ3n) is 4.08. The van der Waals surface area contributed by atoms with Gasteiger partial charge in [0.05, 0.1) is 4.90 Å². The number of fused-ring (bicyclic) bond motifs is 1. The summed E-state index contributed by atoms with van der Waals surface area (Å²) in [6, 6.07) is 7.15. The van der Waals surface area contributed by atoms with Gasteiger partial charge in [0.2, 0.25) is 10.0 Å². The van der Waals surface area contributed by atoms with E-state index in [0.29, 0.717) is 18.1 Å². The van der Waals surface area contributed by atoms with Gasteiger partial charge in [0.1, 0.15) is 0 Å². The molecule has 2 N–H and O–H groups in total. The van der Waals surface area contributed by atoms with Crippen molar-refractivity contribution >= 4 is 15.9 Å². The predicted octanol–water partition coefficient (Wildman–Crippen LogP) is 1.83. The second kappa shape index (κ2) is 6.51. The van der Waals surface area contributed by atoms with Gasteiger partial charge in [0.15, 0.2) is 11.6 Å². The van der Waals surface area contributed by atoms with Crippen LogP contribution in [0.15, 0.2) is 41.3 Å². The maximum Gasteiger partial charge on any atom is 0.274 e. The first kappa shape index (κ1) is 17.5. The van der Waals surface area contributed by atoms with E-state index in [2.05, 4.69) is 0 Å². The Morgan fingerprint density at radius 1 is 1.08 bits per heavy atom. The van der Waals surface area contributed by atoms with Crippen molar-refractivity contribution in [3.63, 3.8) is 0 Å². The number of hydroxylamine groups is 1. The normalized spacial score (nSPS) is 14.8. The number of hydrogen-bond donors (Lipinski definition) is 2. The lowest BCUT2D eigenvalue weighted by atomic mass is 9.98. The molecule has 0 fully saturated rings. The zero-order valence-electron chi connectivity index (χ0n) is 12.9. The van der Waals surface area contributed by atoms with E-state index in [0.717, 1.165) is 22.0 Å². The molecule has 2 aromatic rings. The van der Waals surface area contributed by atoms with Crippen LogP contribution in [0, 0.1) is 11.6 Å². The van der Waals surface area contributed by atoms with Gasteiger partial charge in [-0.05, 0) is 47.9 Å². The van der Waals surface area contributed by atoms with E-state index in [1.165, 1.54) is 17.6 Å². The van der Waals surface area contributed by atoms with Crippen LogP contribution < -0.4 is 5.48 Å². The number of rotatable bonds is 3. The number of hydrogen-bond acceptors (Lipinski definition) is 4. The summed E-state index contributed by atoms with van der Waals surface area (Å²) in [6.07, 6.45) is 0.416. The van der Waals surface area contributed by atoms with Crippen molar-refractivity contribution in [1.29, 1.82) is 0 Å². The molecule has 0 spiro atoms. The quantitative estimate of drug-likeness (QED) is 0.639. The first-order chi connectivity index (χ1) is 11.8. The topological polar surface area (TPSA) is 86.7 Å². The third kappa shape index (κ3) is 3.26. The number of sulfonamides is 1. The van der Waals surface area contributed by atoms with Gasteiger partial charge in [-0.15, -0.1) is 0 Å². The highest BCUT2D eigenvalue weighted by Crippen LogP contribution is 2.26. The molecule has 0 saturated carbocycles. The maximum atomic E-state index is 13.4. The highest BCUT2D eigenvalue weighted by atomic mass is 32.2. The van der Waals surface area contributed by atoms with Crippen LogP contribution in [0.5, 0.6) is 0 Å². The van der Waals surface area contributed by atoms with Gasteiger partial charge in [-0.2, -0.15) is 4.31 Å². The smallest absolute Gasteiger partial charge is 0.274 e. The standard InChI is InChI=1S/C16H14F2N2O4S/c17-14-4-3-13(8-15(14)18)25(23,24)20-6-5-10-1-2-11(16(21)19-22)7-12(10)9-20/h1-4,7-8,22H,5-6,9H2,(H,19,21). The van der Waals surface area contributed by atoms with Crippen molar-refractivity contribution in [2.75, 3.05) is 6.54 Å². The summed E-state index contributed by atoms with van der Waals surface area (Å²) in [6.45, 7) is 0.170. The molecule has 1 aliphatic heterocycles. The molecule has 0 saturated heterocycles. The predicted molar refractivity (Wildman–Crippen MR) is 83.4 cm³/mol. The molecule has 0 aliphatic carbocycles. The van der Waals surface area contributed by atoms with Gasteiger partial charge in [-0.25, -0.2) is 22.7 Å². The van der Waals surface area contributed by atoms with Crippen molar-refractivity contribution in [3.05, 3.63) is 64.7 Å². The Morgan fingerprint density at radius 2 is 1.84 bits per heavy atom. The van der Waals surface area contributed by atoms with Gasteiger partial charge in [-0.1, -0.05) is 6.07 Å². The molecule has 0 bridgehead atoms. The van der Waals surface area contributed by atoms with Gasteiger partial charge in [-0.3, -0.25) is 10.0 Å². The molecule has 25 heavy (non-hydrogen) atoms. The fourth-order valence-corrected chi connectivity index (χ4v) is 4.16. The van der Waals surface area contributed by atoms with Crippen LogP contribution >= 0.6 is 0 Å². The number of nitrogens with one attached hydrogen (secondary N) is 1. The summed E-state index contributed by atoms with van der Waals surface area (Å²) in [4.78, 5) is 11.2. The highest BCUT2D eigenvalue weighted by molar-refractivity contribution is 7.89. The van der Waals surface area contributed by atoms with Crippen LogP contribution in [0.3, 0.4) is 0 Å². The summed E-state index contributed by atoms with van der Waals surface area (Å²) in [5.41, 5.74) is 3.20. The number of carbonyl (C=O) groups excluding carboxylic acids is 1. The summed E-state index contributed by atoms with van der Waals surface area (Å²) >= 11 is 0. The van der Waals surface area contributed by atoms with Gasteiger partial charge < -0.3 is 0 Å². The van der Waals surface area contributed by atoms with Gasteiger partial charge in [0.25, 0.3) is 5.91 Å². The summed E-state index contributed by atoms with van der Waals surface area (Å²) < 4.78 is 52.9.